The van der Waals surface area contributed by atoms with Crippen LogP contribution in [0.4, 0.5) is 0 Å². The maximum atomic E-state index is 12.8. The molecule has 4 N–H and O–H groups in total. The van der Waals surface area contributed by atoms with E-state index in [1.54, 1.807) is 27.7 Å². The average Bonchev–Trinajstić information content (AvgIpc) is 3.11. The first kappa shape index (κ1) is 37.9. The molecule has 5 aromatic carbocycles. The maximum Gasteiger partial charge on any atom is 0.339 e. The van der Waals surface area contributed by atoms with Crippen LogP contribution >= 0.6 is 0 Å². The predicted octanol–water partition coefficient (Wildman–Crippen LogP) is 9.93. The summed E-state index contributed by atoms with van der Waals surface area (Å²) in [6.07, 6.45) is 0. The number of carboxylic acids is 4. The Bertz CT molecular complexity index is 2300. The van der Waals surface area contributed by atoms with Crippen molar-refractivity contribution < 1.29 is 49.1 Å². The van der Waals surface area contributed by atoms with Gasteiger partial charge in [-0.15, -0.1) is 0 Å². The predicted molar refractivity (Wildman–Crippen MR) is 209 cm³/mol. The van der Waals surface area contributed by atoms with Gasteiger partial charge in [0.15, 0.2) is 0 Å². The molecule has 0 aliphatic carbocycles. The monoisotopic (exact) mass is 754 g/mol. The van der Waals surface area contributed by atoms with Crippen LogP contribution in [0.3, 0.4) is 0 Å². The fraction of sp³-hybridized carbons (Fsp3) is 0.261. The van der Waals surface area contributed by atoms with E-state index in [1.807, 2.05) is 56.3 Å². The van der Waals surface area contributed by atoms with Crippen LogP contribution in [0.15, 0.2) is 66.7 Å². The van der Waals surface area contributed by atoms with Crippen molar-refractivity contribution in [2.24, 2.45) is 0 Å². The van der Waals surface area contributed by atoms with Crippen LogP contribution in [0.2, 0.25) is 0 Å². The molecular formula is C46H42O10. The Kier molecular flexibility index (Phi) is 8.49. The van der Waals surface area contributed by atoms with Gasteiger partial charge in [0.1, 0.15) is 45.3 Å². The summed E-state index contributed by atoms with van der Waals surface area (Å²) in [4.78, 5) is 51.2. The van der Waals surface area contributed by atoms with Crippen LogP contribution in [0.5, 0.6) is 23.0 Å². The smallest absolute Gasteiger partial charge is 0.339 e. The molecule has 10 heteroatoms. The normalized spacial score (nSPS) is 14.6. The number of carbonyl (C=O) groups is 4. The van der Waals surface area contributed by atoms with Crippen molar-refractivity contribution in [2.45, 2.75) is 78.6 Å². The van der Waals surface area contributed by atoms with Crippen LogP contribution in [0.1, 0.15) is 137 Å². The first-order valence-electron chi connectivity index (χ1n) is 18.1. The van der Waals surface area contributed by atoms with Gasteiger partial charge in [-0.3, -0.25) is 0 Å². The topological polar surface area (TPSA) is 168 Å². The summed E-state index contributed by atoms with van der Waals surface area (Å²) in [5.74, 6) is -4.82. The highest BCUT2D eigenvalue weighted by molar-refractivity contribution is 5.97. The Hall–Kier alpha value is -6.42. The summed E-state index contributed by atoms with van der Waals surface area (Å²) in [6.45, 7) is 17.2. The van der Waals surface area contributed by atoms with E-state index in [9.17, 15) is 39.6 Å². The summed E-state index contributed by atoms with van der Waals surface area (Å²) < 4.78 is 12.7. The standard InChI is InChI=1S/C46H42O10/c1-21-10-28(40(47)48)36-32(14-21)45(8,33-15-22(2)11-29(41(49)50)37(33)55-36)26-18-25(44(5,6)7)19-27(20-26)46(9)34-16-23(3)12-30(42(51)52)38(34)56-39-31(43(53)54)13-24(4)17-35(39)46/h10-20H,1-9H3,(H,47,48)(H,49,50)(H,51,52)(H,53,54). The molecule has 0 saturated heterocycles. The Morgan fingerprint density at radius 2 is 0.696 bits per heavy atom. The highest BCUT2D eigenvalue weighted by Gasteiger charge is 2.47. The number of carboxylic acid groups (broad SMARTS) is 4. The minimum Gasteiger partial charge on any atom is -0.478 e. The Morgan fingerprint density at radius 3 is 0.911 bits per heavy atom. The first-order valence-corrected chi connectivity index (χ1v) is 18.1. The Morgan fingerprint density at radius 1 is 0.446 bits per heavy atom. The molecule has 0 amide bonds. The van der Waals surface area contributed by atoms with Crippen molar-refractivity contribution in [3.63, 3.8) is 0 Å². The second kappa shape index (κ2) is 12.6. The van der Waals surface area contributed by atoms with Gasteiger partial charge in [-0.25, -0.2) is 19.2 Å². The van der Waals surface area contributed by atoms with Gasteiger partial charge in [-0.2, -0.15) is 0 Å². The third-order valence-corrected chi connectivity index (χ3v) is 11.4. The fourth-order valence-electron chi connectivity index (χ4n) is 8.41. The number of benzene rings is 5. The van der Waals surface area contributed by atoms with Crippen molar-refractivity contribution in [1.82, 2.24) is 0 Å². The third kappa shape index (κ3) is 5.62. The summed E-state index contributed by atoms with van der Waals surface area (Å²) in [7, 11) is 0. The van der Waals surface area contributed by atoms with Crippen molar-refractivity contribution in [3.05, 3.63) is 150 Å². The van der Waals surface area contributed by atoms with Gasteiger partial charge in [0, 0.05) is 33.1 Å². The molecule has 286 valence electrons. The molecular weight excluding hydrogens is 712 g/mol. The van der Waals surface area contributed by atoms with Crippen LogP contribution in [0.25, 0.3) is 0 Å². The number of fused-ring (bicyclic) bond motifs is 4. The van der Waals surface area contributed by atoms with Gasteiger partial charge in [0.25, 0.3) is 0 Å². The van der Waals surface area contributed by atoms with E-state index in [2.05, 4.69) is 20.8 Å². The zero-order valence-electron chi connectivity index (χ0n) is 32.6. The van der Waals surface area contributed by atoms with E-state index in [0.29, 0.717) is 55.6 Å². The Labute approximate surface area is 324 Å². The van der Waals surface area contributed by atoms with E-state index in [1.165, 1.54) is 24.3 Å². The van der Waals surface area contributed by atoms with Gasteiger partial charge in [0.05, 0.1) is 0 Å². The number of hydrogen-bond acceptors (Lipinski definition) is 6. The summed E-state index contributed by atoms with van der Waals surface area (Å²) in [5, 5.41) is 41.7. The van der Waals surface area contributed by atoms with E-state index in [4.69, 9.17) is 9.47 Å². The number of aryl methyl sites for hydroxylation is 4. The van der Waals surface area contributed by atoms with Crippen molar-refractivity contribution in [1.29, 1.82) is 0 Å². The molecule has 0 radical (unpaired) electrons. The number of aromatic carboxylic acids is 4. The zero-order valence-corrected chi connectivity index (χ0v) is 32.6. The van der Waals surface area contributed by atoms with E-state index >= 15 is 0 Å². The van der Waals surface area contributed by atoms with Crippen LogP contribution < -0.4 is 9.47 Å². The SMILES string of the molecule is Cc1cc(C(=O)O)c2c(c1)C(C)(c1cc(C(C)(C)C)cc(C3(C)c4cc(C)cc(C(=O)O)c4Oc4c(C(=O)O)cc(C)cc43)c1)c1cc(C)cc(C(=O)O)c1O2. The lowest BCUT2D eigenvalue weighted by atomic mass is 9.63. The number of hydrogen-bond donors (Lipinski definition) is 4. The van der Waals surface area contributed by atoms with Gasteiger partial charge in [-0.1, -0.05) is 63.2 Å². The largest absolute Gasteiger partial charge is 0.478 e. The van der Waals surface area contributed by atoms with E-state index in [-0.39, 0.29) is 45.3 Å². The van der Waals surface area contributed by atoms with Crippen molar-refractivity contribution in [3.8, 4) is 23.0 Å². The minimum atomic E-state index is -1.24. The average molecular weight is 755 g/mol. The van der Waals surface area contributed by atoms with E-state index in [0.717, 1.165) is 5.56 Å². The molecule has 0 fully saturated rings. The lowest BCUT2D eigenvalue weighted by Crippen LogP contribution is -2.35. The molecule has 0 spiro atoms. The summed E-state index contributed by atoms with van der Waals surface area (Å²) in [5.41, 5.74) is 3.57. The molecule has 0 atom stereocenters. The quantitative estimate of drug-likeness (QED) is 0.131. The molecule has 56 heavy (non-hydrogen) atoms. The lowest BCUT2D eigenvalue weighted by molar-refractivity contribution is 0.0677. The summed E-state index contributed by atoms with van der Waals surface area (Å²) in [6, 6.07) is 19.5. The Balaban J connectivity index is 1.68. The van der Waals surface area contributed by atoms with Crippen LogP contribution in [-0.4, -0.2) is 44.3 Å². The van der Waals surface area contributed by atoms with Crippen molar-refractivity contribution in [2.75, 3.05) is 0 Å². The molecule has 2 aliphatic heterocycles. The molecule has 0 saturated carbocycles. The van der Waals surface area contributed by atoms with Crippen LogP contribution in [-0.2, 0) is 16.2 Å². The minimum absolute atomic E-state index is 0.0311. The van der Waals surface area contributed by atoms with E-state index < -0.39 is 40.1 Å². The molecule has 0 aromatic heterocycles. The molecule has 10 nitrogen and oxygen atoms in total. The second-order valence-corrected chi connectivity index (χ2v) is 16.5. The first-order chi connectivity index (χ1) is 26.1. The third-order valence-electron chi connectivity index (χ3n) is 11.4. The summed E-state index contributed by atoms with van der Waals surface area (Å²) >= 11 is 0. The molecule has 5 aromatic rings. The molecule has 2 heterocycles. The van der Waals surface area contributed by atoms with Gasteiger partial charge < -0.3 is 29.9 Å². The highest BCUT2D eigenvalue weighted by atomic mass is 16.5. The molecule has 2 aliphatic rings. The highest BCUT2D eigenvalue weighted by Crippen LogP contribution is 2.58. The molecule has 0 unspecified atom stereocenters. The van der Waals surface area contributed by atoms with Crippen molar-refractivity contribution >= 4 is 23.9 Å². The fourth-order valence-corrected chi connectivity index (χ4v) is 8.41. The molecule has 7 rings (SSSR count). The van der Waals surface area contributed by atoms with Gasteiger partial charge in [-0.05, 0) is 110 Å². The number of rotatable bonds is 6. The number of ether oxygens (including phenoxy) is 2. The van der Waals surface area contributed by atoms with Crippen LogP contribution in [0, 0.1) is 27.7 Å². The van der Waals surface area contributed by atoms with Gasteiger partial charge in [0.2, 0.25) is 0 Å². The second-order valence-electron chi connectivity index (χ2n) is 16.5. The maximum absolute atomic E-state index is 12.8. The van der Waals surface area contributed by atoms with Gasteiger partial charge >= 0.3 is 23.9 Å². The molecule has 0 bridgehead atoms. The lowest BCUT2D eigenvalue weighted by Gasteiger charge is -2.43. The zero-order chi connectivity index (χ0) is 41.0.